The molecule has 0 aliphatic heterocycles. The molecule has 0 amide bonds. The van der Waals surface area contributed by atoms with E-state index in [1.165, 1.54) is 18.2 Å². The van der Waals surface area contributed by atoms with Crippen LogP contribution in [0.1, 0.15) is 17.5 Å². The predicted molar refractivity (Wildman–Crippen MR) is 65.8 cm³/mol. The number of anilines is 1. The summed E-state index contributed by atoms with van der Waals surface area (Å²) < 4.78 is 4.62. The SMILES string of the molecule is COC(=O)CCN(C)c1ccc(C)cc1C. The number of methoxy groups -OCH3 is 1. The summed E-state index contributed by atoms with van der Waals surface area (Å²) in [5, 5.41) is 0. The van der Waals surface area contributed by atoms with E-state index < -0.39 is 0 Å². The Morgan fingerprint density at radius 2 is 2.06 bits per heavy atom. The number of benzene rings is 1. The second-order valence-electron chi connectivity index (χ2n) is 4.04. The summed E-state index contributed by atoms with van der Waals surface area (Å²) in [6.45, 7) is 4.83. The fourth-order valence-corrected chi connectivity index (χ4v) is 1.72. The molecule has 0 atom stereocenters. The lowest BCUT2D eigenvalue weighted by Crippen LogP contribution is -2.22. The maximum Gasteiger partial charge on any atom is 0.307 e. The van der Waals surface area contributed by atoms with Crippen LogP contribution in [0.5, 0.6) is 0 Å². The van der Waals surface area contributed by atoms with Gasteiger partial charge in [-0.15, -0.1) is 0 Å². The minimum absolute atomic E-state index is 0.170. The summed E-state index contributed by atoms with van der Waals surface area (Å²) >= 11 is 0. The summed E-state index contributed by atoms with van der Waals surface area (Å²) in [7, 11) is 3.40. The number of hydrogen-bond donors (Lipinski definition) is 0. The Hall–Kier alpha value is -1.51. The van der Waals surface area contributed by atoms with Crippen molar-refractivity contribution in [3.05, 3.63) is 29.3 Å². The van der Waals surface area contributed by atoms with Crippen LogP contribution in [0.4, 0.5) is 5.69 Å². The molecule has 0 heterocycles. The molecule has 0 N–H and O–H groups in total. The highest BCUT2D eigenvalue weighted by Crippen LogP contribution is 2.19. The van der Waals surface area contributed by atoms with E-state index >= 15 is 0 Å². The standard InChI is InChI=1S/C13H19NO2/c1-10-5-6-12(11(2)9-10)14(3)8-7-13(15)16-4/h5-6,9H,7-8H2,1-4H3. The predicted octanol–water partition coefficient (Wildman–Crippen LogP) is 2.30. The summed E-state index contributed by atoms with van der Waals surface area (Å²) in [6.07, 6.45) is 0.417. The Morgan fingerprint density at radius 1 is 1.38 bits per heavy atom. The zero-order valence-electron chi connectivity index (χ0n) is 10.4. The van der Waals surface area contributed by atoms with E-state index in [9.17, 15) is 4.79 Å². The van der Waals surface area contributed by atoms with E-state index in [4.69, 9.17) is 0 Å². The molecular weight excluding hydrogens is 202 g/mol. The lowest BCUT2D eigenvalue weighted by molar-refractivity contribution is -0.140. The highest BCUT2D eigenvalue weighted by molar-refractivity contribution is 5.70. The molecule has 1 aromatic rings. The van der Waals surface area contributed by atoms with Crippen LogP contribution in [-0.4, -0.2) is 26.7 Å². The van der Waals surface area contributed by atoms with Crippen molar-refractivity contribution in [1.82, 2.24) is 0 Å². The van der Waals surface area contributed by atoms with Gasteiger partial charge in [0.1, 0.15) is 0 Å². The third-order valence-corrected chi connectivity index (χ3v) is 2.64. The highest BCUT2D eigenvalue weighted by Gasteiger charge is 2.07. The van der Waals surface area contributed by atoms with Gasteiger partial charge in [0, 0.05) is 19.3 Å². The molecule has 3 heteroatoms. The molecule has 1 aromatic carbocycles. The number of aryl methyl sites for hydroxylation is 2. The van der Waals surface area contributed by atoms with Gasteiger partial charge in [0.25, 0.3) is 0 Å². The molecule has 88 valence electrons. The third kappa shape index (κ3) is 3.26. The third-order valence-electron chi connectivity index (χ3n) is 2.64. The van der Waals surface area contributed by atoms with Crippen molar-refractivity contribution in [2.24, 2.45) is 0 Å². The molecule has 0 radical (unpaired) electrons. The molecule has 0 aliphatic rings. The van der Waals surface area contributed by atoms with E-state index in [1.807, 2.05) is 7.05 Å². The fourth-order valence-electron chi connectivity index (χ4n) is 1.72. The van der Waals surface area contributed by atoms with Gasteiger partial charge in [-0.2, -0.15) is 0 Å². The molecule has 1 rings (SSSR count). The summed E-state index contributed by atoms with van der Waals surface area (Å²) in [5.74, 6) is -0.170. The molecule has 0 unspecified atom stereocenters. The van der Waals surface area contributed by atoms with Gasteiger partial charge in [0.15, 0.2) is 0 Å². The van der Waals surface area contributed by atoms with E-state index in [0.29, 0.717) is 13.0 Å². The van der Waals surface area contributed by atoms with Crippen LogP contribution >= 0.6 is 0 Å². The molecule has 0 fully saturated rings. The Morgan fingerprint density at radius 3 is 2.62 bits per heavy atom. The van der Waals surface area contributed by atoms with E-state index in [0.717, 1.165) is 5.69 Å². The number of esters is 1. The maximum absolute atomic E-state index is 11.0. The highest BCUT2D eigenvalue weighted by atomic mass is 16.5. The van der Waals surface area contributed by atoms with Gasteiger partial charge in [0.2, 0.25) is 0 Å². The minimum Gasteiger partial charge on any atom is -0.469 e. The first-order valence-corrected chi connectivity index (χ1v) is 5.40. The molecule has 0 saturated heterocycles. The zero-order valence-corrected chi connectivity index (χ0v) is 10.4. The molecule has 16 heavy (non-hydrogen) atoms. The largest absolute Gasteiger partial charge is 0.469 e. The summed E-state index contributed by atoms with van der Waals surface area (Å²) in [6, 6.07) is 6.31. The summed E-state index contributed by atoms with van der Waals surface area (Å²) in [5.41, 5.74) is 3.64. The van der Waals surface area contributed by atoms with Crippen LogP contribution in [0, 0.1) is 13.8 Å². The smallest absolute Gasteiger partial charge is 0.307 e. The van der Waals surface area contributed by atoms with Crippen molar-refractivity contribution < 1.29 is 9.53 Å². The lowest BCUT2D eigenvalue weighted by Gasteiger charge is -2.21. The Bertz CT molecular complexity index is 374. The number of carbonyl (C=O) groups excluding carboxylic acids is 1. The van der Waals surface area contributed by atoms with Crippen LogP contribution in [-0.2, 0) is 9.53 Å². The number of rotatable bonds is 4. The first kappa shape index (κ1) is 12.6. The van der Waals surface area contributed by atoms with Crippen molar-refractivity contribution in [1.29, 1.82) is 0 Å². The van der Waals surface area contributed by atoms with Crippen LogP contribution in [0.2, 0.25) is 0 Å². The van der Waals surface area contributed by atoms with Gasteiger partial charge < -0.3 is 9.64 Å². The van der Waals surface area contributed by atoms with E-state index in [2.05, 4.69) is 41.7 Å². The Kier molecular flexibility index (Phi) is 4.35. The molecule has 0 aliphatic carbocycles. The monoisotopic (exact) mass is 221 g/mol. The van der Waals surface area contributed by atoms with Gasteiger partial charge in [0.05, 0.1) is 13.5 Å². The van der Waals surface area contributed by atoms with Gasteiger partial charge in [-0.05, 0) is 25.5 Å². The second-order valence-corrected chi connectivity index (χ2v) is 4.04. The molecule has 0 bridgehead atoms. The maximum atomic E-state index is 11.0. The number of nitrogens with zero attached hydrogens (tertiary/aromatic N) is 1. The molecule has 0 saturated carbocycles. The number of ether oxygens (including phenoxy) is 1. The lowest BCUT2D eigenvalue weighted by atomic mass is 10.1. The first-order chi connectivity index (χ1) is 7.54. The fraction of sp³-hybridized carbons (Fsp3) is 0.462. The van der Waals surface area contributed by atoms with Crippen LogP contribution in [0.25, 0.3) is 0 Å². The van der Waals surface area contributed by atoms with Crippen molar-refractivity contribution in [2.75, 3.05) is 25.6 Å². The van der Waals surface area contributed by atoms with Gasteiger partial charge in [-0.1, -0.05) is 17.7 Å². The minimum atomic E-state index is -0.170. The molecular formula is C13H19NO2. The van der Waals surface area contributed by atoms with Crippen LogP contribution < -0.4 is 4.90 Å². The zero-order chi connectivity index (χ0) is 12.1. The van der Waals surface area contributed by atoms with Gasteiger partial charge >= 0.3 is 5.97 Å². The van der Waals surface area contributed by atoms with E-state index in [-0.39, 0.29) is 5.97 Å². The Labute approximate surface area is 97.0 Å². The first-order valence-electron chi connectivity index (χ1n) is 5.40. The summed E-state index contributed by atoms with van der Waals surface area (Å²) in [4.78, 5) is 13.1. The quantitative estimate of drug-likeness (QED) is 0.731. The molecule has 0 spiro atoms. The van der Waals surface area contributed by atoms with Crippen LogP contribution in [0.3, 0.4) is 0 Å². The van der Waals surface area contributed by atoms with Crippen LogP contribution in [0.15, 0.2) is 18.2 Å². The van der Waals surface area contributed by atoms with Crippen molar-refractivity contribution in [2.45, 2.75) is 20.3 Å². The van der Waals surface area contributed by atoms with Crippen molar-refractivity contribution in [3.8, 4) is 0 Å². The topological polar surface area (TPSA) is 29.5 Å². The normalized spacial score (nSPS) is 10.0. The average Bonchev–Trinajstić information content (AvgIpc) is 2.25. The van der Waals surface area contributed by atoms with Gasteiger partial charge in [-0.25, -0.2) is 0 Å². The number of hydrogen-bond acceptors (Lipinski definition) is 3. The Balaban J connectivity index is 2.65. The number of carbonyl (C=O) groups is 1. The molecule has 3 nitrogen and oxygen atoms in total. The van der Waals surface area contributed by atoms with Gasteiger partial charge in [-0.3, -0.25) is 4.79 Å². The average molecular weight is 221 g/mol. The second kappa shape index (κ2) is 5.54. The van der Waals surface area contributed by atoms with E-state index in [1.54, 1.807) is 0 Å². The van der Waals surface area contributed by atoms with Crippen molar-refractivity contribution >= 4 is 11.7 Å². The molecule has 0 aromatic heterocycles. The van der Waals surface area contributed by atoms with Crippen molar-refractivity contribution in [3.63, 3.8) is 0 Å².